The maximum Gasteiger partial charge on any atom is 0.163 e. The number of hydrogen-bond acceptors (Lipinski definition) is 2. The summed E-state index contributed by atoms with van der Waals surface area (Å²) < 4.78 is 4.89. The van der Waals surface area contributed by atoms with Gasteiger partial charge in [-0.05, 0) is 25.0 Å². The lowest BCUT2D eigenvalue weighted by Gasteiger charge is -2.03. The first kappa shape index (κ1) is 12.2. The van der Waals surface area contributed by atoms with Gasteiger partial charge in [0.1, 0.15) is 0 Å². The summed E-state index contributed by atoms with van der Waals surface area (Å²) in [6.45, 7) is 2.53. The van der Waals surface area contributed by atoms with Crippen LogP contribution < -0.4 is 0 Å². The van der Waals surface area contributed by atoms with Gasteiger partial charge < -0.3 is 4.74 Å². The Morgan fingerprint density at radius 3 is 2.80 bits per heavy atom. The molecule has 0 atom stereocenters. The van der Waals surface area contributed by atoms with E-state index < -0.39 is 0 Å². The van der Waals surface area contributed by atoms with Crippen molar-refractivity contribution in [3.05, 3.63) is 34.3 Å². The summed E-state index contributed by atoms with van der Waals surface area (Å²) in [5, 5.41) is 0.646. The van der Waals surface area contributed by atoms with Crippen LogP contribution in [0.2, 0.25) is 5.02 Å². The SMILES string of the molecule is COCCCC(=O)c1ccc(C)c(Cl)c1. The summed E-state index contributed by atoms with van der Waals surface area (Å²) >= 11 is 5.94. The first-order valence-electron chi connectivity index (χ1n) is 4.93. The monoisotopic (exact) mass is 226 g/mol. The zero-order valence-electron chi connectivity index (χ0n) is 9.05. The molecule has 3 heteroatoms. The van der Waals surface area contributed by atoms with Gasteiger partial charge in [-0.1, -0.05) is 23.7 Å². The van der Waals surface area contributed by atoms with Crippen LogP contribution >= 0.6 is 11.6 Å². The zero-order chi connectivity index (χ0) is 11.3. The molecular weight excluding hydrogens is 212 g/mol. The second kappa shape index (κ2) is 5.89. The summed E-state index contributed by atoms with van der Waals surface area (Å²) in [5.41, 5.74) is 1.67. The number of carbonyl (C=O) groups is 1. The smallest absolute Gasteiger partial charge is 0.163 e. The standard InChI is InChI=1S/C12H15ClO2/c1-9-5-6-10(8-11(9)13)12(14)4-3-7-15-2/h5-6,8H,3-4,7H2,1-2H3. The fourth-order valence-corrected chi connectivity index (χ4v) is 1.47. The number of hydrogen-bond donors (Lipinski definition) is 0. The van der Waals surface area contributed by atoms with Crippen LogP contribution in [0.3, 0.4) is 0 Å². The Balaban J connectivity index is 2.62. The summed E-state index contributed by atoms with van der Waals surface area (Å²) in [6.07, 6.45) is 1.26. The van der Waals surface area contributed by atoms with E-state index in [0.29, 0.717) is 23.6 Å². The van der Waals surface area contributed by atoms with Gasteiger partial charge in [0.05, 0.1) is 0 Å². The minimum absolute atomic E-state index is 0.119. The van der Waals surface area contributed by atoms with E-state index in [1.165, 1.54) is 0 Å². The van der Waals surface area contributed by atoms with E-state index in [9.17, 15) is 4.79 Å². The third kappa shape index (κ3) is 3.65. The minimum Gasteiger partial charge on any atom is -0.385 e. The van der Waals surface area contributed by atoms with Crippen LogP contribution in [0.4, 0.5) is 0 Å². The molecule has 82 valence electrons. The highest BCUT2D eigenvalue weighted by molar-refractivity contribution is 6.31. The second-order valence-corrected chi connectivity index (χ2v) is 3.89. The molecule has 0 spiro atoms. The maximum absolute atomic E-state index is 11.7. The van der Waals surface area contributed by atoms with Crippen LogP contribution in [0, 0.1) is 6.92 Å². The van der Waals surface area contributed by atoms with Crippen molar-refractivity contribution in [2.75, 3.05) is 13.7 Å². The Morgan fingerprint density at radius 1 is 1.47 bits per heavy atom. The van der Waals surface area contributed by atoms with E-state index in [0.717, 1.165) is 12.0 Å². The molecule has 0 radical (unpaired) electrons. The van der Waals surface area contributed by atoms with Crippen LogP contribution in [0.25, 0.3) is 0 Å². The first-order chi connectivity index (χ1) is 7.15. The molecule has 0 heterocycles. The molecule has 1 aromatic rings. The molecule has 1 aromatic carbocycles. The predicted molar refractivity (Wildman–Crippen MR) is 61.6 cm³/mol. The van der Waals surface area contributed by atoms with Gasteiger partial charge in [0.15, 0.2) is 5.78 Å². The minimum atomic E-state index is 0.119. The van der Waals surface area contributed by atoms with E-state index in [1.54, 1.807) is 13.2 Å². The Bertz CT molecular complexity index is 347. The van der Waals surface area contributed by atoms with Gasteiger partial charge in [-0.2, -0.15) is 0 Å². The lowest BCUT2D eigenvalue weighted by molar-refractivity contribution is 0.0963. The normalized spacial score (nSPS) is 10.3. The molecule has 15 heavy (non-hydrogen) atoms. The molecule has 2 nitrogen and oxygen atoms in total. The number of aryl methyl sites for hydroxylation is 1. The summed E-state index contributed by atoms with van der Waals surface area (Å²) in [4.78, 5) is 11.7. The van der Waals surface area contributed by atoms with Gasteiger partial charge in [-0.15, -0.1) is 0 Å². The summed E-state index contributed by atoms with van der Waals surface area (Å²) in [7, 11) is 1.63. The number of Topliss-reactive ketones (excluding diaryl/α,β-unsaturated/α-hetero) is 1. The van der Waals surface area contributed by atoms with Crippen molar-refractivity contribution < 1.29 is 9.53 Å². The molecule has 0 saturated heterocycles. The summed E-state index contributed by atoms with van der Waals surface area (Å²) in [5.74, 6) is 0.119. The average Bonchev–Trinajstić information content (AvgIpc) is 2.22. The van der Waals surface area contributed by atoms with Crippen LogP contribution in [0.5, 0.6) is 0 Å². The third-order valence-electron chi connectivity index (χ3n) is 2.25. The van der Waals surface area contributed by atoms with Crippen LogP contribution in [0.15, 0.2) is 18.2 Å². The highest BCUT2D eigenvalue weighted by atomic mass is 35.5. The van der Waals surface area contributed by atoms with Crippen molar-refractivity contribution in [1.82, 2.24) is 0 Å². The van der Waals surface area contributed by atoms with Crippen LogP contribution in [-0.4, -0.2) is 19.5 Å². The molecule has 0 fully saturated rings. The number of ketones is 1. The zero-order valence-corrected chi connectivity index (χ0v) is 9.80. The predicted octanol–water partition coefficient (Wildman–Crippen LogP) is 3.26. The second-order valence-electron chi connectivity index (χ2n) is 3.48. The highest BCUT2D eigenvalue weighted by Gasteiger charge is 2.06. The van der Waals surface area contributed by atoms with E-state index in [1.807, 2.05) is 19.1 Å². The van der Waals surface area contributed by atoms with Crippen LogP contribution in [0.1, 0.15) is 28.8 Å². The fraction of sp³-hybridized carbons (Fsp3) is 0.417. The maximum atomic E-state index is 11.7. The van der Waals surface area contributed by atoms with Crippen molar-refractivity contribution in [2.24, 2.45) is 0 Å². The summed E-state index contributed by atoms with van der Waals surface area (Å²) in [6, 6.07) is 5.41. The lowest BCUT2D eigenvalue weighted by atomic mass is 10.1. The molecule has 0 N–H and O–H groups in total. The van der Waals surface area contributed by atoms with Gasteiger partial charge in [-0.3, -0.25) is 4.79 Å². The number of halogens is 1. The third-order valence-corrected chi connectivity index (χ3v) is 2.65. The number of benzene rings is 1. The molecule has 0 amide bonds. The molecule has 1 rings (SSSR count). The van der Waals surface area contributed by atoms with E-state index >= 15 is 0 Å². The Kier molecular flexibility index (Phi) is 4.79. The van der Waals surface area contributed by atoms with Crippen molar-refractivity contribution >= 4 is 17.4 Å². The van der Waals surface area contributed by atoms with Crippen molar-refractivity contribution in [1.29, 1.82) is 0 Å². The highest BCUT2D eigenvalue weighted by Crippen LogP contribution is 2.17. The van der Waals surface area contributed by atoms with Crippen molar-refractivity contribution in [3.63, 3.8) is 0 Å². The molecule has 0 aromatic heterocycles. The largest absolute Gasteiger partial charge is 0.385 e. The Morgan fingerprint density at radius 2 is 2.20 bits per heavy atom. The molecule has 0 unspecified atom stereocenters. The number of ether oxygens (including phenoxy) is 1. The molecular formula is C12H15ClO2. The molecule has 0 aliphatic heterocycles. The fourth-order valence-electron chi connectivity index (χ4n) is 1.29. The molecule has 0 aliphatic carbocycles. The molecule has 0 saturated carbocycles. The molecule has 0 aliphatic rings. The van der Waals surface area contributed by atoms with Gasteiger partial charge in [-0.25, -0.2) is 0 Å². The Labute approximate surface area is 95.2 Å². The Hall–Kier alpha value is -0.860. The van der Waals surface area contributed by atoms with E-state index in [-0.39, 0.29) is 5.78 Å². The van der Waals surface area contributed by atoms with Gasteiger partial charge in [0.2, 0.25) is 0 Å². The first-order valence-corrected chi connectivity index (χ1v) is 5.31. The van der Waals surface area contributed by atoms with Crippen molar-refractivity contribution in [2.45, 2.75) is 19.8 Å². The topological polar surface area (TPSA) is 26.3 Å². The van der Waals surface area contributed by atoms with E-state index in [4.69, 9.17) is 16.3 Å². The quantitative estimate of drug-likeness (QED) is 0.569. The number of methoxy groups -OCH3 is 1. The van der Waals surface area contributed by atoms with Gasteiger partial charge in [0.25, 0.3) is 0 Å². The number of carbonyl (C=O) groups excluding carboxylic acids is 1. The van der Waals surface area contributed by atoms with Gasteiger partial charge in [0, 0.05) is 30.7 Å². The van der Waals surface area contributed by atoms with Gasteiger partial charge >= 0.3 is 0 Å². The van der Waals surface area contributed by atoms with Crippen molar-refractivity contribution in [3.8, 4) is 0 Å². The lowest BCUT2D eigenvalue weighted by Crippen LogP contribution is -2.01. The van der Waals surface area contributed by atoms with E-state index in [2.05, 4.69) is 0 Å². The number of rotatable bonds is 5. The average molecular weight is 227 g/mol. The van der Waals surface area contributed by atoms with Crippen LogP contribution in [-0.2, 0) is 4.74 Å². The molecule has 0 bridgehead atoms.